The Morgan fingerprint density at radius 2 is 1.83 bits per heavy atom. The van der Waals surface area contributed by atoms with Gasteiger partial charge in [0.05, 0.1) is 6.54 Å². The number of carbonyl (C=O) groups excluding carboxylic acids is 1. The number of aryl methyl sites for hydroxylation is 1. The molecule has 0 radical (unpaired) electrons. The molecule has 1 amide bonds. The second-order valence-electron chi connectivity index (χ2n) is 6.63. The van der Waals surface area contributed by atoms with Crippen molar-refractivity contribution in [1.29, 1.82) is 0 Å². The summed E-state index contributed by atoms with van der Waals surface area (Å²) in [4.78, 5) is 33.3. The number of nitrogens with two attached hydrogens (primary N) is 1. The Kier molecular flexibility index (Phi) is 16.1. The molecule has 0 saturated carbocycles. The summed E-state index contributed by atoms with van der Waals surface area (Å²) >= 11 is 0. The Morgan fingerprint density at radius 3 is 2.28 bits per heavy atom. The maximum Gasteiger partial charge on any atom is 0.320 e. The zero-order valence-corrected chi connectivity index (χ0v) is 17.3. The van der Waals surface area contributed by atoms with E-state index >= 15 is 0 Å². The van der Waals surface area contributed by atoms with Crippen LogP contribution in [-0.4, -0.2) is 65.7 Å². The molecule has 1 aliphatic rings. The number of hydrogen-bond acceptors (Lipinski definition) is 5. The van der Waals surface area contributed by atoms with Crippen LogP contribution in [0.15, 0.2) is 30.3 Å². The minimum atomic E-state index is -0.903. The average Bonchev–Trinajstić information content (AvgIpc) is 3.25. The van der Waals surface area contributed by atoms with E-state index in [9.17, 15) is 14.7 Å². The SMILES string of the molecule is CCCCN.O=C(O)C(CCc1ccccc1)NCC(=O)N1CCCC1.O=CO. The van der Waals surface area contributed by atoms with Crippen LogP contribution in [-0.2, 0) is 20.8 Å². The molecule has 1 aromatic rings. The van der Waals surface area contributed by atoms with E-state index in [1.54, 1.807) is 4.90 Å². The van der Waals surface area contributed by atoms with Gasteiger partial charge in [0.15, 0.2) is 0 Å². The van der Waals surface area contributed by atoms with Gasteiger partial charge in [-0.05, 0) is 44.2 Å². The van der Waals surface area contributed by atoms with E-state index < -0.39 is 12.0 Å². The summed E-state index contributed by atoms with van der Waals surface area (Å²) in [6.45, 7) is 4.42. The van der Waals surface area contributed by atoms with Crippen molar-refractivity contribution in [2.45, 2.75) is 51.5 Å². The highest BCUT2D eigenvalue weighted by Gasteiger charge is 2.21. The highest BCUT2D eigenvalue weighted by Crippen LogP contribution is 2.08. The van der Waals surface area contributed by atoms with E-state index in [-0.39, 0.29) is 18.9 Å². The minimum Gasteiger partial charge on any atom is -0.483 e. The van der Waals surface area contributed by atoms with Gasteiger partial charge in [0, 0.05) is 13.1 Å². The average molecular weight is 410 g/mol. The van der Waals surface area contributed by atoms with Crippen LogP contribution in [0.5, 0.6) is 0 Å². The fourth-order valence-corrected chi connectivity index (χ4v) is 2.76. The van der Waals surface area contributed by atoms with E-state index in [0.29, 0.717) is 12.8 Å². The number of rotatable bonds is 9. The number of unbranched alkanes of at least 4 members (excludes halogenated alkanes) is 1. The number of nitrogens with zero attached hydrogens (tertiary/aromatic N) is 1. The minimum absolute atomic E-state index is 0.00142. The van der Waals surface area contributed by atoms with Gasteiger partial charge in [-0.2, -0.15) is 0 Å². The van der Waals surface area contributed by atoms with Gasteiger partial charge in [-0.1, -0.05) is 43.7 Å². The highest BCUT2D eigenvalue weighted by molar-refractivity contribution is 5.80. The smallest absolute Gasteiger partial charge is 0.320 e. The van der Waals surface area contributed by atoms with E-state index in [2.05, 4.69) is 12.2 Å². The number of carbonyl (C=O) groups is 3. The Labute approximate surface area is 173 Å². The zero-order valence-electron chi connectivity index (χ0n) is 17.3. The lowest BCUT2D eigenvalue weighted by molar-refractivity contribution is -0.140. The summed E-state index contributed by atoms with van der Waals surface area (Å²) in [5, 5.41) is 19.0. The molecule has 5 N–H and O–H groups in total. The summed E-state index contributed by atoms with van der Waals surface area (Å²) in [7, 11) is 0. The largest absolute Gasteiger partial charge is 0.483 e. The van der Waals surface area contributed by atoms with E-state index in [0.717, 1.165) is 38.0 Å². The van der Waals surface area contributed by atoms with Crippen molar-refractivity contribution in [3.63, 3.8) is 0 Å². The first-order chi connectivity index (χ1) is 14.0. The number of likely N-dealkylation sites (tertiary alicyclic amines) is 1. The molecule has 1 atom stereocenters. The van der Waals surface area contributed by atoms with Gasteiger partial charge in [-0.3, -0.25) is 19.7 Å². The normalized spacial score (nSPS) is 13.4. The molecule has 0 bridgehead atoms. The van der Waals surface area contributed by atoms with Crippen LogP contribution in [0.3, 0.4) is 0 Å². The summed E-state index contributed by atoms with van der Waals surface area (Å²) < 4.78 is 0. The molecular formula is C21H35N3O5. The molecule has 1 unspecified atom stereocenters. The lowest BCUT2D eigenvalue weighted by Crippen LogP contribution is -2.44. The molecule has 1 saturated heterocycles. The molecule has 29 heavy (non-hydrogen) atoms. The fourth-order valence-electron chi connectivity index (χ4n) is 2.76. The van der Waals surface area contributed by atoms with Crippen LogP contribution in [0.1, 0.15) is 44.6 Å². The third-order valence-corrected chi connectivity index (χ3v) is 4.38. The van der Waals surface area contributed by atoms with Crippen LogP contribution >= 0.6 is 0 Å². The number of aliphatic carboxylic acids is 1. The van der Waals surface area contributed by atoms with E-state index in [1.807, 2.05) is 30.3 Å². The van der Waals surface area contributed by atoms with Gasteiger partial charge in [0.2, 0.25) is 5.91 Å². The van der Waals surface area contributed by atoms with Crippen LogP contribution < -0.4 is 11.1 Å². The van der Waals surface area contributed by atoms with Crippen molar-refractivity contribution in [2.24, 2.45) is 5.73 Å². The van der Waals surface area contributed by atoms with Gasteiger partial charge in [-0.15, -0.1) is 0 Å². The topological polar surface area (TPSA) is 133 Å². The Hall–Kier alpha value is -2.45. The van der Waals surface area contributed by atoms with Gasteiger partial charge in [-0.25, -0.2) is 0 Å². The number of amides is 1. The highest BCUT2D eigenvalue weighted by atomic mass is 16.4. The van der Waals surface area contributed by atoms with Gasteiger partial charge < -0.3 is 20.8 Å². The molecule has 1 aromatic carbocycles. The second kappa shape index (κ2) is 17.6. The number of nitrogens with one attached hydrogen (secondary N) is 1. The van der Waals surface area contributed by atoms with E-state index in [4.69, 9.17) is 15.6 Å². The number of benzene rings is 1. The fraction of sp³-hybridized carbons (Fsp3) is 0.571. The first kappa shape index (κ1) is 26.6. The lowest BCUT2D eigenvalue weighted by atomic mass is 10.1. The summed E-state index contributed by atoms with van der Waals surface area (Å²) in [6, 6.07) is 9.09. The van der Waals surface area contributed by atoms with Gasteiger partial charge in [0.25, 0.3) is 6.47 Å². The monoisotopic (exact) mass is 409 g/mol. The third-order valence-electron chi connectivity index (χ3n) is 4.38. The zero-order chi connectivity index (χ0) is 21.9. The second-order valence-corrected chi connectivity index (χ2v) is 6.63. The van der Waals surface area contributed by atoms with Gasteiger partial charge in [0.1, 0.15) is 6.04 Å². The van der Waals surface area contributed by atoms with Crippen molar-refractivity contribution >= 4 is 18.3 Å². The number of hydrogen-bond donors (Lipinski definition) is 4. The molecule has 1 aliphatic heterocycles. The van der Waals surface area contributed by atoms with Gasteiger partial charge >= 0.3 is 5.97 Å². The Balaban J connectivity index is 0.000000838. The molecule has 1 fully saturated rings. The maximum absolute atomic E-state index is 11.9. The molecule has 8 nitrogen and oxygen atoms in total. The molecule has 2 rings (SSSR count). The van der Waals surface area contributed by atoms with Crippen LogP contribution in [0, 0.1) is 0 Å². The van der Waals surface area contributed by atoms with E-state index in [1.165, 1.54) is 12.8 Å². The van der Waals surface area contributed by atoms with Crippen molar-refractivity contribution in [1.82, 2.24) is 10.2 Å². The predicted molar refractivity (Wildman–Crippen MR) is 113 cm³/mol. The molecule has 1 heterocycles. The first-order valence-electron chi connectivity index (χ1n) is 10.1. The molecule has 164 valence electrons. The Morgan fingerprint density at radius 1 is 1.24 bits per heavy atom. The third kappa shape index (κ3) is 13.4. The molecular weight excluding hydrogens is 374 g/mol. The summed E-state index contributed by atoms with van der Waals surface area (Å²) in [5.41, 5.74) is 6.25. The summed E-state index contributed by atoms with van der Waals surface area (Å²) in [5.74, 6) is -0.904. The van der Waals surface area contributed by atoms with Crippen molar-refractivity contribution < 1.29 is 24.6 Å². The van der Waals surface area contributed by atoms with Crippen molar-refractivity contribution in [2.75, 3.05) is 26.2 Å². The van der Waals surface area contributed by atoms with Crippen molar-refractivity contribution in [3.05, 3.63) is 35.9 Å². The lowest BCUT2D eigenvalue weighted by Gasteiger charge is -2.18. The van der Waals surface area contributed by atoms with Crippen LogP contribution in [0.25, 0.3) is 0 Å². The Bertz CT molecular complexity index is 561. The molecule has 8 heteroatoms. The van der Waals surface area contributed by atoms with Crippen LogP contribution in [0.2, 0.25) is 0 Å². The summed E-state index contributed by atoms with van der Waals surface area (Å²) in [6.07, 6.45) is 5.63. The predicted octanol–water partition coefficient (Wildman–Crippen LogP) is 1.73. The number of carboxylic acids is 1. The maximum atomic E-state index is 11.9. The quantitative estimate of drug-likeness (QED) is 0.457. The van der Waals surface area contributed by atoms with Crippen LogP contribution in [0.4, 0.5) is 0 Å². The number of carboxylic acid groups (broad SMARTS) is 2. The molecule has 0 aliphatic carbocycles. The first-order valence-corrected chi connectivity index (χ1v) is 10.1. The molecule has 0 spiro atoms. The van der Waals surface area contributed by atoms with Crippen molar-refractivity contribution in [3.8, 4) is 0 Å². The molecule has 0 aromatic heterocycles. The standard InChI is InChI=1S/C16H22N2O3.C4H11N.CH2O2/c19-15(18-10-4-5-11-18)12-17-14(16(20)21)9-8-13-6-2-1-3-7-13;1-2-3-4-5;2-1-3/h1-3,6-7,14,17H,4-5,8-12H2,(H,20,21);2-5H2,1H3;1H,(H,2,3).